The summed E-state index contributed by atoms with van der Waals surface area (Å²) >= 11 is 0. The van der Waals surface area contributed by atoms with Crippen LogP contribution in [0.15, 0.2) is 84.9 Å². The van der Waals surface area contributed by atoms with Crippen LogP contribution in [0.4, 0.5) is 5.82 Å². The maximum atomic E-state index is 13.7. The molecule has 2 aliphatic heterocycles. The van der Waals surface area contributed by atoms with E-state index < -0.39 is 0 Å². The molecule has 3 aromatic carbocycles. The van der Waals surface area contributed by atoms with E-state index in [-0.39, 0.29) is 25.2 Å². The van der Waals surface area contributed by atoms with Crippen molar-refractivity contribution >= 4 is 17.6 Å². The molecule has 0 aliphatic carbocycles. The van der Waals surface area contributed by atoms with Crippen LogP contribution >= 0.6 is 0 Å². The van der Waals surface area contributed by atoms with E-state index in [1.165, 1.54) is 0 Å². The smallest absolute Gasteiger partial charge is 0.254 e. The van der Waals surface area contributed by atoms with Gasteiger partial charge in [-0.2, -0.15) is 0 Å². The number of amides is 2. The third-order valence-electron chi connectivity index (χ3n) is 7.95. The molecule has 1 aromatic heterocycles. The molecule has 6 rings (SSSR count). The number of hydrogen-bond donors (Lipinski definition) is 0. The fourth-order valence-electron chi connectivity index (χ4n) is 5.44. The zero-order valence-electron chi connectivity index (χ0n) is 24.7. The van der Waals surface area contributed by atoms with Crippen molar-refractivity contribution in [2.45, 2.75) is 12.8 Å². The molecule has 2 aliphatic rings. The second-order valence-corrected chi connectivity index (χ2v) is 10.8. The monoisotopic (exact) mass is 593 g/mol. The molecule has 1 saturated heterocycles. The predicted molar refractivity (Wildman–Crippen MR) is 166 cm³/mol. The van der Waals surface area contributed by atoms with Gasteiger partial charge in [0, 0.05) is 43.9 Å². The minimum atomic E-state index is -0.212. The molecule has 0 bridgehead atoms. The fraction of sp³-hybridized carbons (Fsp3) is 0.294. The summed E-state index contributed by atoms with van der Waals surface area (Å²) in [4.78, 5) is 32.9. The molecule has 44 heavy (non-hydrogen) atoms. The number of fused-ring (bicyclic) bond motifs is 1. The summed E-state index contributed by atoms with van der Waals surface area (Å²) in [6, 6.07) is 26.8. The van der Waals surface area contributed by atoms with Crippen LogP contribution in [-0.2, 0) is 11.2 Å². The molecule has 0 atom stereocenters. The zero-order valence-corrected chi connectivity index (χ0v) is 24.7. The van der Waals surface area contributed by atoms with Crippen LogP contribution < -0.4 is 19.1 Å². The van der Waals surface area contributed by atoms with Gasteiger partial charge in [-0.15, -0.1) is 10.2 Å². The first-order valence-electron chi connectivity index (χ1n) is 14.8. The number of methoxy groups -OCH3 is 1. The number of anilines is 1. The molecular formula is C34H35N5O5. The second kappa shape index (κ2) is 13.5. The van der Waals surface area contributed by atoms with Gasteiger partial charge in [0.25, 0.3) is 5.91 Å². The molecule has 10 heteroatoms. The standard InChI is InChI=1S/C34H35N5O5/c1-42-28-11-8-26(9-12-28)29-13-15-32(36-35-29)37-17-5-18-38(21-20-37)33(40)23-39(19-16-25-6-3-2-4-7-25)34(41)27-10-14-30-31(22-27)44-24-43-30/h2-4,6-15,22H,5,16-21,23-24H2,1H3. The molecule has 2 amide bonds. The SMILES string of the molecule is COc1ccc(-c2ccc(N3CCCN(C(=O)CN(CCc4ccccc4)C(=O)c4ccc5c(c4)OCO5)CC3)nn2)cc1. The molecule has 0 saturated carbocycles. The fourth-order valence-corrected chi connectivity index (χ4v) is 5.44. The van der Waals surface area contributed by atoms with Crippen molar-refractivity contribution in [3.05, 3.63) is 96.1 Å². The first kappa shape index (κ1) is 29.0. The summed E-state index contributed by atoms with van der Waals surface area (Å²) < 4.78 is 16.1. The third kappa shape index (κ3) is 6.75. The van der Waals surface area contributed by atoms with Gasteiger partial charge in [0.1, 0.15) is 12.3 Å². The zero-order chi connectivity index (χ0) is 30.3. The van der Waals surface area contributed by atoms with E-state index in [1.54, 1.807) is 30.2 Å². The van der Waals surface area contributed by atoms with Crippen LogP contribution in [-0.4, -0.2) is 85.0 Å². The molecular weight excluding hydrogens is 558 g/mol. The second-order valence-electron chi connectivity index (χ2n) is 10.8. The Labute approximate surface area is 256 Å². The molecule has 1 fully saturated rings. The highest BCUT2D eigenvalue weighted by atomic mass is 16.7. The Morgan fingerprint density at radius 3 is 2.45 bits per heavy atom. The Kier molecular flexibility index (Phi) is 8.86. The third-order valence-corrected chi connectivity index (χ3v) is 7.95. The van der Waals surface area contributed by atoms with Gasteiger partial charge < -0.3 is 28.9 Å². The van der Waals surface area contributed by atoms with Crippen molar-refractivity contribution in [3.8, 4) is 28.5 Å². The number of nitrogens with zero attached hydrogens (tertiary/aromatic N) is 5. The van der Waals surface area contributed by atoms with Gasteiger partial charge in [0.2, 0.25) is 12.7 Å². The quantitative estimate of drug-likeness (QED) is 0.283. The van der Waals surface area contributed by atoms with E-state index in [9.17, 15) is 9.59 Å². The first-order valence-corrected chi connectivity index (χ1v) is 14.8. The highest BCUT2D eigenvalue weighted by Gasteiger charge is 2.26. The summed E-state index contributed by atoms with van der Waals surface area (Å²) in [5.74, 6) is 2.43. The number of aromatic nitrogens is 2. The van der Waals surface area contributed by atoms with E-state index >= 15 is 0 Å². The van der Waals surface area contributed by atoms with Gasteiger partial charge in [-0.3, -0.25) is 9.59 Å². The summed E-state index contributed by atoms with van der Waals surface area (Å²) in [6.45, 7) is 3.07. The van der Waals surface area contributed by atoms with Crippen LogP contribution in [0.1, 0.15) is 22.3 Å². The number of hydrogen-bond acceptors (Lipinski definition) is 8. The normalized spacial score (nSPS) is 14.2. The van der Waals surface area contributed by atoms with Gasteiger partial charge in [0.05, 0.1) is 12.8 Å². The number of benzene rings is 3. The lowest BCUT2D eigenvalue weighted by Crippen LogP contribution is -2.45. The molecule has 4 aromatic rings. The van der Waals surface area contributed by atoms with Crippen molar-refractivity contribution in [1.82, 2.24) is 20.0 Å². The predicted octanol–water partition coefficient (Wildman–Crippen LogP) is 4.30. The number of carbonyl (C=O) groups is 2. The van der Waals surface area contributed by atoms with Crippen molar-refractivity contribution in [2.24, 2.45) is 0 Å². The average molecular weight is 594 g/mol. The Balaban J connectivity index is 1.10. The van der Waals surface area contributed by atoms with Crippen molar-refractivity contribution in [2.75, 3.05) is 58.1 Å². The Bertz CT molecular complexity index is 1580. The Morgan fingerprint density at radius 1 is 0.864 bits per heavy atom. The molecule has 226 valence electrons. The van der Waals surface area contributed by atoms with E-state index in [0.717, 1.165) is 41.4 Å². The highest BCUT2D eigenvalue weighted by molar-refractivity contribution is 5.97. The molecule has 0 unspecified atom stereocenters. The first-order chi connectivity index (χ1) is 21.6. The number of carbonyl (C=O) groups excluding carboxylic acids is 2. The molecule has 0 N–H and O–H groups in total. The molecule has 0 spiro atoms. The Morgan fingerprint density at radius 2 is 1.68 bits per heavy atom. The van der Waals surface area contributed by atoms with E-state index in [2.05, 4.69) is 15.1 Å². The van der Waals surface area contributed by atoms with Gasteiger partial charge in [-0.05, 0) is 73.0 Å². The van der Waals surface area contributed by atoms with Crippen molar-refractivity contribution in [3.63, 3.8) is 0 Å². The lowest BCUT2D eigenvalue weighted by atomic mass is 10.1. The van der Waals surface area contributed by atoms with Gasteiger partial charge in [0.15, 0.2) is 17.3 Å². The summed E-state index contributed by atoms with van der Waals surface area (Å²) in [5.41, 5.74) is 3.32. The van der Waals surface area contributed by atoms with Crippen LogP contribution in [0.5, 0.6) is 17.2 Å². The van der Waals surface area contributed by atoms with Crippen LogP contribution in [0.2, 0.25) is 0 Å². The molecule has 0 radical (unpaired) electrons. The van der Waals surface area contributed by atoms with Crippen molar-refractivity contribution in [1.29, 1.82) is 0 Å². The molecule has 3 heterocycles. The maximum absolute atomic E-state index is 13.7. The maximum Gasteiger partial charge on any atom is 0.254 e. The highest BCUT2D eigenvalue weighted by Crippen LogP contribution is 2.33. The lowest BCUT2D eigenvalue weighted by molar-refractivity contribution is -0.131. The largest absolute Gasteiger partial charge is 0.497 e. The van der Waals surface area contributed by atoms with Crippen LogP contribution in [0, 0.1) is 0 Å². The van der Waals surface area contributed by atoms with E-state index in [1.807, 2.05) is 71.6 Å². The minimum absolute atomic E-state index is 0.00350. The average Bonchev–Trinajstić information content (AvgIpc) is 3.41. The van der Waals surface area contributed by atoms with E-state index in [4.69, 9.17) is 14.2 Å². The lowest BCUT2D eigenvalue weighted by Gasteiger charge is -2.27. The topological polar surface area (TPSA) is 97.3 Å². The number of ether oxygens (including phenoxy) is 3. The Hall–Kier alpha value is -5.12. The summed E-state index contributed by atoms with van der Waals surface area (Å²) in [6.07, 6.45) is 1.43. The van der Waals surface area contributed by atoms with Gasteiger partial charge in [-0.1, -0.05) is 30.3 Å². The van der Waals surface area contributed by atoms with Gasteiger partial charge in [-0.25, -0.2) is 0 Å². The van der Waals surface area contributed by atoms with Crippen LogP contribution in [0.25, 0.3) is 11.3 Å². The van der Waals surface area contributed by atoms with Crippen molar-refractivity contribution < 1.29 is 23.8 Å². The van der Waals surface area contributed by atoms with Gasteiger partial charge >= 0.3 is 0 Å². The van der Waals surface area contributed by atoms with E-state index in [0.29, 0.717) is 49.7 Å². The number of rotatable bonds is 9. The minimum Gasteiger partial charge on any atom is -0.497 e. The summed E-state index contributed by atoms with van der Waals surface area (Å²) in [5, 5.41) is 8.93. The molecule has 10 nitrogen and oxygen atoms in total. The van der Waals surface area contributed by atoms with Crippen LogP contribution in [0.3, 0.4) is 0 Å². The summed E-state index contributed by atoms with van der Waals surface area (Å²) in [7, 11) is 1.64.